The quantitative estimate of drug-likeness (QED) is 0.338. The van der Waals surface area contributed by atoms with Crippen molar-refractivity contribution >= 4 is 41.3 Å². The molecule has 160 valence electrons. The van der Waals surface area contributed by atoms with E-state index in [2.05, 4.69) is 52.8 Å². The summed E-state index contributed by atoms with van der Waals surface area (Å²) < 4.78 is 7.77. The molecular formula is C19H30IN7OS. The standard InChI is InChI=1S/C19H29N7OS.HI/c1-20-19(22-14-18-24-23-17-6-2-3-7-26(17)18)21-13-15(16-5-4-12-28-16)25-8-10-27-11-9-25;/h4-5,12,15H,2-3,6-11,13-14H2,1H3,(H2,20,21,22);1H. The lowest BCUT2D eigenvalue weighted by Crippen LogP contribution is -2.46. The third-order valence-electron chi connectivity index (χ3n) is 5.39. The first-order valence-electron chi connectivity index (χ1n) is 10.1. The van der Waals surface area contributed by atoms with Crippen LogP contribution < -0.4 is 10.6 Å². The van der Waals surface area contributed by atoms with Crippen molar-refractivity contribution in [2.24, 2.45) is 4.99 Å². The number of fused-ring (bicyclic) bond motifs is 1. The van der Waals surface area contributed by atoms with Crippen molar-refractivity contribution < 1.29 is 4.74 Å². The number of ether oxygens (including phenoxy) is 1. The summed E-state index contributed by atoms with van der Waals surface area (Å²) in [6.45, 7) is 5.97. The fraction of sp³-hybridized carbons (Fsp3) is 0.632. The molecule has 10 heteroatoms. The highest BCUT2D eigenvalue weighted by atomic mass is 127. The number of morpholine rings is 1. The van der Waals surface area contributed by atoms with Crippen molar-refractivity contribution in [3.63, 3.8) is 0 Å². The molecule has 2 N–H and O–H groups in total. The molecule has 0 saturated carbocycles. The number of thiophene rings is 1. The molecular weight excluding hydrogens is 501 g/mol. The minimum atomic E-state index is 0. The number of nitrogens with zero attached hydrogens (tertiary/aromatic N) is 5. The van der Waals surface area contributed by atoms with E-state index in [-0.39, 0.29) is 24.0 Å². The summed E-state index contributed by atoms with van der Waals surface area (Å²) in [6.07, 6.45) is 3.44. The number of aromatic nitrogens is 3. The highest BCUT2D eigenvalue weighted by Crippen LogP contribution is 2.25. The molecule has 8 nitrogen and oxygen atoms in total. The van der Waals surface area contributed by atoms with Crippen molar-refractivity contribution in [2.45, 2.75) is 38.4 Å². The Morgan fingerprint density at radius 2 is 2.10 bits per heavy atom. The Hall–Kier alpha value is -1.24. The molecule has 2 aliphatic heterocycles. The van der Waals surface area contributed by atoms with Gasteiger partial charge in [0.15, 0.2) is 11.8 Å². The minimum absolute atomic E-state index is 0. The van der Waals surface area contributed by atoms with Gasteiger partial charge in [0.05, 0.1) is 25.8 Å². The molecule has 0 spiro atoms. The maximum absolute atomic E-state index is 5.53. The molecule has 2 aliphatic rings. The number of hydrogen-bond acceptors (Lipinski definition) is 6. The Morgan fingerprint density at radius 1 is 1.24 bits per heavy atom. The molecule has 0 amide bonds. The number of nitrogens with one attached hydrogen (secondary N) is 2. The average molecular weight is 531 g/mol. The Kier molecular flexibility index (Phi) is 8.69. The van der Waals surface area contributed by atoms with Gasteiger partial charge in [-0.3, -0.25) is 9.89 Å². The zero-order chi connectivity index (χ0) is 19.2. The summed E-state index contributed by atoms with van der Waals surface area (Å²) in [7, 11) is 1.81. The molecule has 4 rings (SSSR count). The average Bonchev–Trinajstić information content (AvgIpc) is 3.42. The smallest absolute Gasteiger partial charge is 0.191 e. The lowest BCUT2D eigenvalue weighted by Gasteiger charge is -2.34. The second-order valence-corrected chi connectivity index (χ2v) is 8.11. The lowest BCUT2D eigenvalue weighted by molar-refractivity contribution is 0.0177. The van der Waals surface area contributed by atoms with Gasteiger partial charge in [0.25, 0.3) is 0 Å². The van der Waals surface area contributed by atoms with E-state index in [4.69, 9.17) is 4.74 Å². The molecule has 2 aromatic rings. The Morgan fingerprint density at radius 3 is 2.86 bits per heavy atom. The largest absolute Gasteiger partial charge is 0.379 e. The third-order valence-corrected chi connectivity index (χ3v) is 6.37. The van der Waals surface area contributed by atoms with Crippen LogP contribution in [0, 0.1) is 0 Å². The monoisotopic (exact) mass is 531 g/mol. The number of rotatable bonds is 6. The minimum Gasteiger partial charge on any atom is -0.379 e. The second-order valence-electron chi connectivity index (χ2n) is 7.13. The van der Waals surface area contributed by atoms with Crippen LogP contribution in [-0.2, 0) is 24.2 Å². The maximum Gasteiger partial charge on any atom is 0.191 e. The number of guanidine groups is 1. The van der Waals surface area contributed by atoms with E-state index in [9.17, 15) is 0 Å². The van der Waals surface area contributed by atoms with E-state index in [1.807, 2.05) is 7.05 Å². The van der Waals surface area contributed by atoms with Crippen LogP contribution in [0.1, 0.15) is 35.4 Å². The summed E-state index contributed by atoms with van der Waals surface area (Å²) in [6, 6.07) is 4.66. The predicted molar refractivity (Wildman–Crippen MR) is 126 cm³/mol. The molecule has 1 fully saturated rings. The normalized spacial score (nSPS) is 18.6. The maximum atomic E-state index is 5.53. The number of halogens is 1. The van der Waals surface area contributed by atoms with Crippen LogP contribution in [0.15, 0.2) is 22.5 Å². The van der Waals surface area contributed by atoms with Crippen molar-refractivity contribution in [2.75, 3.05) is 39.9 Å². The molecule has 2 aromatic heterocycles. The van der Waals surface area contributed by atoms with Crippen molar-refractivity contribution in [1.29, 1.82) is 0 Å². The van der Waals surface area contributed by atoms with Gasteiger partial charge in [-0.25, -0.2) is 0 Å². The lowest BCUT2D eigenvalue weighted by atomic mass is 10.2. The topological polar surface area (TPSA) is 79.6 Å². The fourth-order valence-electron chi connectivity index (χ4n) is 3.86. The molecule has 0 radical (unpaired) electrons. The number of aliphatic imine (C=N–C) groups is 1. The molecule has 4 heterocycles. The van der Waals surface area contributed by atoms with Gasteiger partial charge in [0.1, 0.15) is 5.82 Å². The van der Waals surface area contributed by atoms with Gasteiger partial charge >= 0.3 is 0 Å². The predicted octanol–water partition coefficient (Wildman–Crippen LogP) is 2.03. The Labute approximate surface area is 193 Å². The van der Waals surface area contributed by atoms with Crippen molar-refractivity contribution in [3.05, 3.63) is 34.0 Å². The summed E-state index contributed by atoms with van der Waals surface area (Å²) in [4.78, 5) is 8.26. The van der Waals surface area contributed by atoms with Crippen LogP contribution in [0.4, 0.5) is 0 Å². The van der Waals surface area contributed by atoms with E-state index in [1.54, 1.807) is 11.3 Å². The Bertz CT molecular complexity index is 774. The number of aryl methyl sites for hydroxylation is 1. The van der Waals surface area contributed by atoms with Gasteiger partial charge in [-0.05, 0) is 24.3 Å². The van der Waals surface area contributed by atoms with E-state index < -0.39 is 0 Å². The summed E-state index contributed by atoms with van der Waals surface area (Å²) in [5.41, 5.74) is 0. The summed E-state index contributed by atoms with van der Waals surface area (Å²) in [5, 5.41) is 17.7. The van der Waals surface area contributed by atoms with E-state index in [0.717, 1.165) is 63.4 Å². The van der Waals surface area contributed by atoms with Gasteiger partial charge in [0.2, 0.25) is 0 Å². The molecule has 0 bridgehead atoms. The SMILES string of the molecule is CN=C(NCc1nnc2n1CCCC2)NCC(c1cccs1)N1CCOCC1.I. The van der Waals surface area contributed by atoms with Crippen LogP contribution in [-0.4, -0.2) is 65.5 Å². The van der Waals surface area contributed by atoms with Crippen LogP contribution >= 0.6 is 35.3 Å². The van der Waals surface area contributed by atoms with Crippen molar-refractivity contribution in [1.82, 2.24) is 30.3 Å². The Balaban J connectivity index is 0.00000240. The van der Waals surface area contributed by atoms with E-state index in [0.29, 0.717) is 12.6 Å². The van der Waals surface area contributed by atoms with Gasteiger partial charge in [-0.2, -0.15) is 0 Å². The van der Waals surface area contributed by atoms with Gasteiger partial charge in [0, 0.05) is 44.5 Å². The molecule has 29 heavy (non-hydrogen) atoms. The van der Waals surface area contributed by atoms with E-state index >= 15 is 0 Å². The fourth-order valence-corrected chi connectivity index (χ4v) is 4.72. The van der Waals surface area contributed by atoms with E-state index in [1.165, 1.54) is 17.7 Å². The second kappa shape index (κ2) is 11.2. The first-order chi connectivity index (χ1) is 13.8. The zero-order valence-electron chi connectivity index (χ0n) is 16.8. The summed E-state index contributed by atoms with van der Waals surface area (Å²) in [5.74, 6) is 2.89. The van der Waals surface area contributed by atoms with Crippen LogP contribution in [0.3, 0.4) is 0 Å². The van der Waals surface area contributed by atoms with Crippen molar-refractivity contribution in [3.8, 4) is 0 Å². The first-order valence-corrected chi connectivity index (χ1v) is 10.9. The first kappa shape index (κ1) is 22.4. The van der Waals surface area contributed by atoms with Gasteiger partial charge in [-0.15, -0.1) is 45.5 Å². The number of hydrogen-bond donors (Lipinski definition) is 2. The van der Waals surface area contributed by atoms with Gasteiger partial charge in [-0.1, -0.05) is 6.07 Å². The molecule has 1 saturated heterocycles. The summed E-state index contributed by atoms with van der Waals surface area (Å²) >= 11 is 1.81. The molecule has 0 aliphatic carbocycles. The molecule has 1 atom stereocenters. The third kappa shape index (κ3) is 5.68. The van der Waals surface area contributed by atoms with Crippen LogP contribution in [0.25, 0.3) is 0 Å². The molecule has 1 unspecified atom stereocenters. The highest BCUT2D eigenvalue weighted by Gasteiger charge is 2.24. The van der Waals surface area contributed by atoms with Crippen LogP contribution in [0.5, 0.6) is 0 Å². The highest BCUT2D eigenvalue weighted by molar-refractivity contribution is 14.0. The molecule has 0 aromatic carbocycles. The van der Waals surface area contributed by atoms with Gasteiger partial charge < -0.3 is 19.9 Å². The zero-order valence-corrected chi connectivity index (χ0v) is 20.0. The van der Waals surface area contributed by atoms with Crippen LogP contribution in [0.2, 0.25) is 0 Å².